The molecule has 1 aliphatic heterocycles. The van der Waals surface area contributed by atoms with Gasteiger partial charge in [0.1, 0.15) is 52.4 Å². The largest absolute Gasteiger partial charge is 0.507 e. The molecule has 0 bridgehead atoms. The lowest BCUT2D eigenvalue weighted by Gasteiger charge is -2.29. The molecule has 1 aliphatic carbocycles. The molecule has 0 saturated carbocycles. The maximum absolute atomic E-state index is 14.2. The van der Waals surface area contributed by atoms with E-state index in [0.29, 0.717) is 17.4 Å². The Labute approximate surface area is 241 Å². The first-order valence-electron chi connectivity index (χ1n) is 13.0. The molecule has 12 heteroatoms. The van der Waals surface area contributed by atoms with Gasteiger partial charge in [0.05, 0.1) is 18.2 Å². The minimum atomic E-state index is -1.64. The molecule has 5 rings (SSSR count). The van der Waals surface area contributed by atoms with Gasteiger partial charge in [0, 0.05) is 24.4 Å². The van der Waals surface area contributed by atoms with Gasteiger partial charge in [-0.1, -0.05) is 12.1 Å². The molecule has 0 amide bonds. The number of aromatic hydroxyl groups is 2. The molecule has 3 aromatic rings. The van der Waals surface area contributed by atoms with Crippen LogP contribution in [0.3, 0.4) is 0 Å². The summed E-state index contributed by atoms with van der Waals surface area (Å²) < 4.78 is 16.3. The highest BCUT2D eigenvalue weighted by molar-refractivity contribution is 6.31. The standard InChI is InChI=1S/C30H30N4O8/c1-13-25(37)22(15(3)35)27-23(26(13)38)30(4)19(42-27)11-18(36)21(28(30)39)14(2)31-24(16-7-9-17(41-6)10-8-16)29-32-20(12-40-5)33-34-29/h7-11,24,31,37-38H,12H2,1-6H3,(H,32,33,34)/b21-14+/t24?,30-/m0/s1. The summed E-state index contributed by atoms with van der Waals surface area (Å²) in [5, 5.41) is 32.0. The molecular formula is C30H30N4O8. The zero-order valence-corrected chi connectivity index (χ0v) is 23.9. The summed E-state index contributed by atoms with van der Waals surface area (Å²) in [4.78, 5) is 44.6. The van der Waals surface area contributed by atoms with Crippen LogP contribution in [0.15, 0.2) is 47.4 Å². The highest BCUT2D eigenvalue weighted by Gasteiger charge is 2.56. The Morgan fingerprint density at radius 2 is 1.83 bits per heavy atom. The second-order valence-corrected chi connectivity index (χ2v) is 10.3. The number of phenols is 2. The van der Waals surface area contributed by atoms with E-state index in [2.05, 4.69) is 20.5 Å². The summed E-state index contributed by atoms with van der Waals surface area (Å²) in [7, 11) is 3.09. The number of allylic oxidation sites excluding steroid dienone is 4. The summed E-state index contributed by atoms with van der Waals surface area (Å²) in [6.07, 6.45) is 1.17. The average Bonchev–Trinajstić information content (AvgIpc) is 3.53. The summed E-state index contributed by atoms with van der Waals surface area (Å²) in [5.41, 5.74) is -0.989. The highest BCUT2D eigenvalue weighted by Crippen LogP contribution is 2.57. The van der Waals surface area contributed by atoms with Crippen LogP contribution in [0, 0.1) is 6.92 Å². The van der Waals surface area contributed by atoms with Gasteiger partial charge in [0.25, 0.3) is 0 Å². The third-order valence-electron chi connectivity index (χ3n) is 7.66. The van der Waals surface area contributed by atoms with Gasteiger partial charge in [-0.25, -0.2) is 4.98 Å². The molecule has 42 heavy (non-hydrogen) atoms. The van der Waals surface area contributed by atoms with Crippen LogP contribution < -0.4 is 14.8 Å². The van der Waals surface area contributed by atoms with Gasteiger partial charge in [0.2, 0.25) is 0 Å². The molecule has 0 radical (unpaired) electrons. The highest BCUT2D eigenvalue weighted by atomic mass is 16.5. The Hall–Kier alpha value is -4.97. The number of ketones is 3. The van der Waals surface area contributed by atoms with Gasteiger partial charge in [-0.05, 0) is 45.4 Å². The van der Waals surface area contributed by atoms with Crippen LogP contribution in [0.25, 0.3) is 0 Å². The van der Waals surface area contributed by atoms with Crippen LogP contribution >= 0.6 is 0 Å². The van der Waals surface area contributed by atoms with Crippen LogP contribution in [0.4, 0.5) is 0 Å². The van der Waals surface area contributed by atoms with Crippen molar-refractivity contribution in [2.75, 3.05) is 14.2 Å². The molecule has 4 N–H and O–H groups in total. The van der Waals surface area contributed by atoms with Crippen LogP contribution in [-0.2, 0) is 26.3 Å². The van der Waals surface area contributed by atoms with Crippen molar-refractivity contribution in [3.8, 4) is 23.0 Å². The molecule has 2 aliphatic rings. The van der Waals surface area contributed by atoms with E-state index in [9.17, 15) is 24.6 Å². The first kappa shape index (κ1) is 28.6. The fourth-order valence-electron chi connectivity index (χ4n) is 5.38. The molecule has 218 valence electrons. The summed E-state index contributed by atoms with van der Waals surface area (Å²) in [5.74, 6) is -1.37. The van der Waals surface area contributed by atoms with Crippen molar-refractivity contribution >= 4 is 17.3 Å². The van der Waals surface area contributed by atoms with Crippen molar-refractivity contribution in [3.05, 3.63) is 81.3 Å². The van der Waals surface area contributed by atoms with E-state index in [1.54, 1.807) is 26.2 Å². The van der Waals surface area contributed by atoms with Gasteiger partial charge in [0.15, 0.2) is 29.0 Å². The van der Waals surface area contributed by atoms with Crippen molar-refractivity contribution in [2.24, 2.45) is 0 Å². The lowest BCUT2D eigenvalue weighted by molar-refractivity contribution is -0.123. The number of ether oxygens (including phenoxy) is 3. The number of hydrogen-bond acceptors (Lipinski definition) is 11. The SMILES string of the molecule is COCc1nc(C(N/C(C)=C2\C(=O)C=C3Oc4c(C(C)=O)c(O)c(C)c(O)c4[C@@]3(C)C2=O)c2ccc(OC)cc2)n[nH]1. The molecule has 0 fully saturated rings. The molecule has 1 aromatic heterocycles. The zero-order chi connectivity index (χ0) is 30.5. The number of phenolic OH excluding ortho intramolecular Hbond substituents is 2. The van der Waals surface area contributed by atoms with Crippen molar-refractivity contribution in [1.82, 2.24) is 20.5 Å². The fourth-order valence-corrected chi connectivity index (χ4v) is 5.38. The van der Waals surface area contributed by atoms with E-state index >= 15 is 0 Å². The van der Waals surface area contributed by atoms with E-state index in [-0.39, 0.29) is 46.1 Å². The molecule has 2 atom stereocenters. The van der Waals surface area contributed by atoms with Gasteiger partial charge in [-0.2, -0.15) is 5.10 Å². The zero-order valence-electron chi connectivity index (χ0n) is 23.9. The van der Waals surface area contributed by atoms with E-state index in [1.807, 2.05) is 12.1 Å². The normalized spacial score (nSPS) is 19.4. The molecule has 0 spiro atoms. The molecule has 2 aromatic carbocycles. The van der Waals surface area contributed by atoms with Gasteiger partial charge >= 0.3 is 0 Å². The second-order valence-electron chi connectivity index (χ2n) is 10.3. The number of rotatable bonds is 8. The first-order valence-corrected chi connectivity index (χ1v) is 13.0. The lowest BCUT2D eigenvalue weighted by Crippen LogP contribution is -2.41. The Morgan fingerprint density at radius 3 is 2.45 bits per heavy atom. The van der Waals surface area contributed by atoms with Crippen molar-refractivity contribution in [3.63, 3.8) is 0 Å². The first-order chi connectivity index (χ1) is 19.9. The van der Waals surface area contributed by atoms with Gasteiger partial charge in [-0.15, -0.1) is 0 Å². The summed E-state index contributed by atoms with van der Waals surface area (Å²) >= 11 is 0. The van der Waals surface area contributed by atoms with Crippen LogP contribution in [0.5, 0.6) is 23.0 Å². The summed E-state index contributed by atoms with van der Waals surface area (Å²) in [6, 6.07) is 6.46. The molecule has 0 saturated heterocycles. The number of aromatic amines is 1. The van der Waals surface area contributed by atoms with Crippen molar-refractivity contribution < 1.29 is 38.8 Å². The minimum Gasteiger partial charge on any atom is -0.507 e. The van der Waals surface area contributed by atoms with Crippen LogP contribution in [0.2, 0.25) is 0 Å². The number of carbonyl (C=O) groups is 3. The third-order valence-corrected chi connectivity index (χ3v) is 7.66. The Morgan fingerprint density at radius 1 is 1.14 bits per heavy atom. The number of Topliss-reactive ketones (excluding diaryl/α,β-unsaturated/α-hetero) is 2. The number of fused-ring (bicyclic) bond motifs is 3. The predicted molar refractivity (Wildman–Crippen MR) is 148 cm³/mol. The number of aromatic nitrogens is 3. The molecule has 12 nitrogen and oxygen atoms in total. The monoisotopic (exact) mass is 574 g/mol. The predicted octanol–water partition coefficient (Wildman–Crippen LogP) is 3.22. The topological polar surface area (TPSA) is 173 Å². The van der Waals surface area contributed by atoms with Gasteiger partial charge < -0.3 is 29.7 Å². The fraction of sp³-hybridized carbons (Fsp3) is 0.300. The van der Waals surface area contributed by atoms with Crippen molar-refractivity contribution in [1.29, 1.82) is 0 Å². The minimum absolute atomic E-state index is 0.0157. The third kappa shape index (κ3) is 4.31. The van der Waals surface area contributed by atoms with E-state index < -0.39 is 40.3 Å². The maximum Gasteiger partial charge on any atom is 0.194 e. The van der Waals surface area contributed by atoms with E-state index in [4.69, 9.17) is 14.2 Å². The summed E-state index contributed by atoms with van der Waals surface area (Å²) in [6.45, 7) is 5.97. The molecule has 1 unspecified atom stereocenters. The number of benzene rings is 2. The number of nitrogens with one attached hydrogen (secondary N) is 2. The quantitative estimate of drug-likeness (QED) is 0.177. The number of nitrogens with zero attached hydrogens (tertiary/aromatic N) is 2. The Bertz CT molecular complexity index is 1700. The second kappa shape index (κ2) is 10.5. The number of H-pyrrole nitrogens is 1. The lowest BCUT2D eigenvalue weighted by atomic mass is 9.70. The van der Waals surface area contributed by atoms with Gasteiger partial charge in [-0.3, -0.25) is 19.5 Å². The van der Waals surface area contributed by atoms with E-state index in [0.717, 1.165) is 5.56 Å². The Balaban J connectivity index is 1.62. The smallest absolute Gasteiger partial charge is 0.194 e. The van der Waals surface area contributed by atoms with E-state index in [1.165, 1.54) is 34.0 Å². The van der Waals surface area contributed by atoms with Crippen LogP contribution in [-0.4, -0.2) is 57.0 Å². The molecular weight excluding hydrogens is 544 g/mol. The number of hydrogen-bond donors (Lipinski definition) is 4. The van der Waals surface area contributed by atoms with Crippen molar-refractivity contribution in [2.45, 2.75) is 45.8 Å². The average molecular weight is 575 g/mol. The number of carbonyl (C=O) groups excluding carboxylic acids is 3. The maximum atomic E-state index is 14.2. The Kier molecular flexibility index (Phi) is 7.11. The molecule has 2 heterocycles. The number of methoxy groups -OCH3 is 2. The van der Waals surface area contributed by atoms with Crippen LogP contribution in [0.1, 0.15) is 65.5 Å².